The highest BCUT2D eigenvalue weighted by molar-refractivity contribution is 6.30. The number of pyridine rings is 1. The van der Waals surface area contributed by atoms with Crippen LogP contribution in [0.3, 0.4) is 0 Å². The molecule has 3 heterocycles. The summed E-state index contributed by atoms with van der Waals surface area (Å²) in [5.74, 6) is 0.357. The van der Waals surface area contributed by atoms with Crippen LogP contribution in [0.1, 0.15) is 54.5 Å². The molecule has 1 aliphatic heterocycles. The molecule has 1 aliphatic rings. The minimum atomic E-state index is -0.0914. The number of carbonyl (C=O) groups excluding carboxylic acids is 1. The molecule has 0 aliphatic carbocycles. The predicted octanol–water partition coefficient (Wildman–Crippen LogP) is 4.53. The molecule has 0 aromatic carbocycles. The maximum atomic E-state index is 12.9. The lowest BCUT2D eigenvalue weighted by atomic mass is 10.1. The second-order valence-corrected chi connectivity index (χ2v) is 7.68. The second kappa shape index (κ2) is 7.34. The normalized spacial score (nSPS) is 17.5. The van der Waals surface area contributed by atoms with E-state index in [2.05, 4.69) is 23.9 Å². The Morgan fingerprint density at radius 1 is 1.36 bits per heavy atom. The Bertz CT molecular complexity index is 770. The van der Waals surface area contributed by atoms with E-state index in [1.807, 2.05) is 16.5 Å². The van der Waals surface area contributed by atoms with Crippen LogP contribution in [-0.2, 0) is 6.54 Å². The molecule has 0 spiro atoms. The monoisotopic (exact) mass is 380 g/mol. The summed E-state index contributed by atoms with van der Waals surface area (Å²) < 4.78 is 1.85. The van der Waals surface area contributed by atoms with Gasteiger partial charge in [0.05, 0.1) is 16.8 Å². The number of halogens is 2. The number of aromatic nitrogens is 3. The molecule has 3 rings (SSSR count). The summed E-state index contributed by atoms with van der Waals surface area (Å²) in [7, 11) is 0. The highest BCUT2D eigenvalue weighted by Gasteiger charge is 2.35. The Morgan fingerprint density at radius 2 is 2.12 bits per heavy atom. The topological polar surface area (TPSA) is 51.0 Å². The maximum Gasteiger partial charge on any atom is 0.272 e. The minimum absolute atomic E-state index is 0.0570. The summed E-state index contributed by atoms with van der Waals surface area (Å²) in [5.41, 5.74) is 2.25. The van der Waals surface area contributed by atoms with E-state index in [1.165, 1.54) is 6.20 Å². The van der Waals surface area contributed by atoms with Gasteiger partial charge in [-0.2, -0.15) is 5.10 Å². The zero-order valence-corrected chi connectivity index (χ0v) is 16.2. The van der Waals surface area contributed by atoms with Crippen molar-refractivity contribution in [1.82, 2.24) is 19.7 Å². The average molecular weight is 381 g/mol. The van der Waals surface area contributed by atoms with E-state index in [-0.39, 0.29) is 11.9 Å². The molecule has 1 amide bonds. The second-order valence-electron chi connectivity index (χ2n) is 6.88. The summed E-state index contributed by atoms with van der Waals surface area (Å²) in [6.07, 6.45) is 3.32. The fraction of sp³-hybridized carbons (Fsp3) is 0.500. The average Bonchev–Trinajstić information content (AvgIpc) is 3.12. The van der Waals surface area contributed by atoms with Crippen molar-refractivity contribution in [3.8, 4) is 0 Å². The molecule has 1 atom stereocenters. The van der Waals surface area contributed by atoms with E-state index in [0.717, 1.165) is 30.6 Å². The zero-order chi connectivity index (χ0) is 18.1. The van der Waals surface area contributed by atoms with Gasteiger partial charge in [0.25, 0.3) is 5.91 Å². The third-order valence-corrected chi connectivity index (χ3v) is 5.06. The van der Waals surface area contributed by atoms with Gasteiger partial charge < -0.3 is 4.90 Å². The Kier molecular flexibility index (Phi) is 5.35. The first-order chi connectivity index (χ1) is 11.9. The van der Waals surface area contributed by atoms with Crippen LogP contribution in [0, 0.1) is 12.8 Å². The van der Waals surface area contributed by atoms with Gasteiger partial charge in [0, 0.05) is 24.8 Å². The highest BCUT2D eigenvalue weighted by Crippen LogP contribution is 2.38. The maximum absolute atomic E-state index is 12.9. The first kappa shape index (κ1) is 18.2. The van der Waals surface area contributed by atoms with Crippen LogP contribution in [0.4, 0.5) is 0 Å². The lowest BCUT2D eigenvalue weighted by molar-refractivity contribution is 0.0729. The van der Waals surface area contributed by atoms with Gasteiger partial charge in [0.2, 0.25) is 0 Å². The number of hydrogen-bond acceptors (Lipinski definition) is 3. The summed E-state index contributed by atoms with van der Waals surface area (Å²) in [6.45, 7) is 7.67. The lowest BCUT2D eigenvalue weighted by Gasteiger charge is -2.24. The van der Waals surface area contributed by atoms with E-state index in [0.29, 0.717) is 28.3 Å². The van der Waals surface area contributed by atoms with Crippen molar-refractivity contribution in [3.63, 3.8) is 0 Å². The fourth-order valence-electron chi connectivity index (χ4n) is 3.37. The molecule has 1 fully saturated rings. The molecule has 0 radical (unpaired) electrons. The van der Waals surface area contributed by atoms with E-state index < -0.39 is 0 Å². The Labute approximate surface area is 157 Å². The van der Waals surface area contributed by atoms with Crippen molar-refractivity contribution in [2.45, 2.75) is 46.2 Å². The van der Waals surface area contributed by atoms with E-state index in [9.17, 15) is 4.79 Å². The van der Waals surface area contributed by atoms with Crippen molar-refractivity contribution in [2.75, 3.05) is 6.54 Å². The number of nitrogens with zero attached hydrogens (tertiary/aromatic N) is 4. The van der Waals surface area contributed by atoms with Crippen molar-refractivity contribution in [3.05, 3.63) is 45.5 Å². The number of aryl methyl sites for hydroxylation is 1. The number of hydrogen-bond donors (Lipinski definition) is 0. The Hall–Kier alpha value is -1.59. The van der Waals surface area contributed by atoms with Crippen LogP contribution in [0.2, 0.25) is 10.2 Å². The minimum Gasteiger partial charge on any atom is -0.330 e. The predicted molar refractivity (Wildman–Crippen MR) is 99.1 cm³/mol. The first-order valence-electron chi connectivity index (χ1n) is 8.53. The molecule has 2 aromatic rings. The largest absolute Gasteiger partial charge is 0.330 e. The molecule has 5 nitrogen and oxygen atoms in total. The van der Waals surface area contributed by atoms with Crippen LogP contribution in [0.25, 0.3) is 0 Å². The van der Waals surface area contributed by atoms with Crippen LogP contribution < -0.4 is 0 Å². The molecule has 0 N–H and O–H groups in total. The van der Waals surface area contributed by atoms with Gasteiger partial charge in [-0.25, -0.2) is 4.98 Å². The summed E-state index contributed by atoms with van der Waals surface area (Å²) in [6, 6.07) is 3.29. The quantitative estimate of drug-likeness (QED) is 0.782. The van der Waals surface area contributed by atoms with Crippen molar-refractivity contribution in [1.29, 1.82) is 0 Å². The van der Waals surface area contributed by atoms with Gasteiger partial charge in [-0.1, -0.05) is 37.0 Å². The molecule has 2 aromatic heterocycles. The van der Waals surface area contributed by atoms with Crippen molar-refractivity contribution in [2.24, 2.45) is 5.92 Å². The molecule has 134 valence electrons. The number of rotatable bonds is 4. The SMILES string of the molecule is Cc1nn(CC(C)C)c(Cl)c1[C@H]1CCCN1C(=O)c1ccc(Cl)cn1. The molecular weight excluding hydrogens is 359 g/mol. The Morgan fingerprint density at radius 3 is 2.76 bits per heavy atom. The van der Waals surface area contributed by atoms with Crippen molar-refractivity contribution >= 4 is 29.1 Å². The van der Waals surface area contributed by atoms with Crippen LogP contribution in [-0.4, -0.2) is 32.1 Å². The van der Waals surface area contributed by atoms with Gasteiger partial charge in [0.1, 0.15) is 10.8 Å². The van der Waals surface area contributed by atoms with E-state index in [1.54, 1.807) is 12.1 Å². The van der Waals surface area contributed by atoms with E-state index in [4.69, 9.17) is 23.2 Å². The van der Waals surface area contributed by atoms with Crippen LogP contribution in [0.5, 0.6) is 0 Å². The zero-order valence-electron chi connectivity index (χ0n) is 14.7. The smallest absolute Gasteiger partial charge is 0.272 e. The fourth-order valence-corrected chi connectivity index (χ4v) is 3.85. The van der Waals surface area contributed by atoms with Gasteiger partial charge in [0.15, 0.2) is 0 Å². The third-order valence-electron chi connectivity index (χ3n) is 4.44. The summed E-state index contributed by atoms with van der Waals surface area (Å²) in [5, 5.41) is 5.74. The molecule has 0 bridgehead atoms. The number of amides is 1. The van der Waals surface area contributed by atoms with Crippen LogP contribution >= 0.6 is 23.2 Å². The van der Waals surface area contributed by atoms with Crippen LogP contribution in [0.15, 0.2) is 18.3 Å². The first-order valence-corrected chi connectivity index (χ1v) is 9.29. The van der Waals surface area contributed by atoms with E-state index >= 15 is 0 Å². The van der Waals surface area contributed by atoms with Gasteiger partial charge in [-0.3, -0.25) is 9.48 Å². The molecule has 0 unspecified atom stereocenters. The molecule has 0 saturated carbocycles. The van der Waals surface area contributed by atoms with Gasteiger partial charge in [-0.15, -0.1) is 0 Å². The lowest BCUT2D eigenvalue weighted by Crippen LogP contribution is -2.31. The third kappa shape index (κ3) is 3.67. The molecular formula is C18H22Cl2N4O. The Balaban J connectivity index is 1.90. The van der Waals surface area contributed by atoms with Crippen molar-refractivity contribution < 1.29 is 4.79 Å². The summed E-state index contributed by atoms with van der Waals surface area (Å²) >= 11 is 12.5. The highest BCUT2D eigenvalue weighted by atomic mass is 35.5. The van der Waals surface area contributed by atoms with Gasteiger partial charge >= 0.3 is 0 Å². The summed E-state index contributed by atoms with van der Waals surface area (Å²) in [4.78, 5) is 18.9. The number of likely N-dealkylation sites (tertiary alicyclic amines) is 1. The molecule has 25 heavy (non-hydrogen) atoms. The standard InChI is InChI=1S/C18H22Cl2N4O/c1-11(2)10-24-17(20)16(12(3)22-24)15-5-4-8-23(15)18(25)14-7-6-13(19)9-21-14/h6-7,9,11,15H,4-5,8,10H2,1-3H3/t15-/m1/s1. The molecule has 1 saturated heterocycles. The molecule has 7 heteroatoms. The number of carbonyl (C=O) groups is 1. The van der Waals surface area contributed by atoms with Gasteiger partial charge in [-0.05, 0) is 37.8 Å².